The quantitative estimate of drug-likeness (QED) is 0.482. The van der Waals surface area contributed by atoms with E-state index in [9.17, 15) is 10.1 Å². The minimum atomic E-state index is -0.697. The average Bonchev–Trinajstić information content (AvgIpc) is 2.60. The third kappa shape index (κ3) is 4.43. The fraction of sp³-hybridized carbons (Fsp3) is 0.455. The van der Waals surface area contributed by atoms with Crippen molar-refractivity contribution in [2.45, 2.75) is 58.4 Å². The first kappa shape index (κ1) is 20.0. The van der Waals surface area contributed by atoms with Gasteiger partial charge < -0.3 is 4.74 Å². The molecule has 0 aliphatic heterocycles. The summed E-state index contributed by atoms with van der Waals surface area (Å²) in [6.07, 6.45) is 0.457. The maximum atomic E-state index is 11.8. The van der Waals surface area contributed by atoms with Crippen molar-refractivity contribution in [3.63, 3.8) is 0 Å². The number of ether oxygens (including phenoxy) is 1. The first-order valence-corrected chi connectivity index (χ1v) is 9.25. The highest BCUT2D eigenvalue weighted by Gasteiger charge is 2.34. The molecule has 4 heteroatoms. The predicted octanol–water partition coefficient (Wildman–Crippen LogP) is 5.57. The van der Waals surface area contributed by atoms with Crippen molar-refractivity contribution in [3.05, 3.63) is 75.3 Å². The van der Waals surface area contributed by atoms with Gasteiger partial charge >= 0.3 is 0 Å². The van der Waals surface area contributed by atoms with E-state index in [0.29, 0.717) is 13.0 Å². The highest BCUT2D eigenvalue weighted by Crippen LogP contribution is 2.37. The number of hydrogen-bond acceptors (Lipinski definition) is 3. The van der Waals surface area contributed by atoms with Gasteiger partial charge in [0.2, 0.25) is 6.04 Å². The van der Waals surface area contributed by atoms with Gasteiger partial charge in [-0.25, -0.2) is 0 Å². The fourth-order valence-electron chi connectivity index (χ4n) is 3.33. The van der Waals surface area contributed by atoms with Gasteiger partial charge in [0.1, 0.15) is 5.75 Å². The molecule has 0 aromatic heterocycles. The maximum Gasteiger partial charge on any atom is 0.223 e. The third-order valence-electron chi connectivity index (χ3n) is 4.76. The molecule has 2 rings (SSSR count). The molecule has 0 heterocycles. The highest BCUT2D eigenvalue weighted by atomic mass is 16.6. The van der Waals surface area contributed by atoms with Gasteiger partial charge in [-0.15, -0.1) is 0 Å². The summed E-state index contributed by atoms with van der Waals surface area (Å²) in [5.41, 5.74) is 3.09. The molecule has 2 aromatic carbocycles. The smallest absolute Gasteiger partial charge is 0.223 e. The summed E-state index contributed by atoms with van der Waals surface area (Å²) in [5.74, 6) is 0.381. The normalized spacial score (nSPS) is 13.9. The summed E-state index contributed by atoms with van der Waals surface area (Å²) in [6, 6.07) is 15.2. The van der Waals surface area contributed by atoms with Gasteiger partial charge in [0.25, 0.3) is 0 Å². The van der Waals surface area contributed by atoms with Crippen molar-refractivity contribution in [2.75, 3.05) is 6.61 Å². The number of benzene rings is 2. The van der Waals surface area contributed by atoms with Crippen molar-refractivity contribution >= 4 is 0 Å². The van der Waals surface area contributed by atoms with E-state index in [2.05, 4.69) is 32.9 Å². The van der Waals surface area contributed by atoms with E-state index >= 15 is 0 Å². The number of nitrogens with zero attached hydrogens (tertiary/aromatic N) is 1. The molecule has 2 unspecified atom stereocenters. The van der Waals surface area contributed by atoms with Gasteiger partial charge in [-0.1, -0.05) is 70.2 Å². The zero-order valence-corrected chi connectivity index (χ0v) is 16.4. The van der Waals surface area contributed by atoms with Crippen molar-refractivity contribution in [2.24, 2.45) is 0 Å². The molecule has 0 saturated heterocycles. The topological polar surface area (TPSA) is 52.4 Å². The van der Waals surface area contributed by atoms with Gasteiger partial charge in [0.05, 0.1) is 12.5 Å². The Morgan fingerprint density at radius 3 is 2.15 bits per heavy atom. The molecule has 0 N–H and O–H groups in total. The molecule has 0 spiro atoms. The van der Waals surface area contributed by atoms with Crippen LogP contribution < -0.4 is 4.74 Å². The van der Waals surface area contributed by atoms with Crippen LogP contribution in [0.4, 0.5) is 0 Å². The lowest BCUT2D eigenvalue weighted by Crippen LogP contribution is -2.28. The average molecular weight is 355 g/mol. The van der Waals surface area contributed by atoms with Crippen LogP contribution in [0.3, 0.4) is 0 Å². The highest BCUT2D eigenvalue weighted by molar-refractivity contribution is 5.44. The molecular formula is C22H29NO3. The molecule has 0 bridgehead atoms. The van der Waals surface area contributed by atoms with E-state index in [-0.39, 0.29) is 16.3 Å². The Hall–Kier alpha value is -2.36. The Morgan fingerprint density at radius 2 is 1.65 bits per heavy atom. The molecule has 0 aliphatic carbocycles. The standard InChI is InChI=1S/C22H29NO3/c1-6-19(23(24)25)21(18-10-8-9-11-20(18)26-7-2)16-12-14-17(15-13-16)22(3,4)5/h8-15,19,21H,6-7H2,1-5H3. The molecule has 2 atom stereocenters. The number of nitro groups is 1. The number of rotatable bonds is 7. The summed E-state index contributed by atoms with van der Waals surface area (Å²) < 4.78 is 5.77. The Balaban J connectivity index is 2.57. The SMILES string of the molecule is CCOc1ccccc1C(c1ccc(C(C)(C)C)cc1)C(CC)[N+](=O)[O-]. The van der Waals surface area contributed by atoms with Gasteiger partial charge in [0, 0.05) is 16.9 Å². The van der Waals surface area contributed by atoms with Crippen molar-refractivity contribution < 1.29 is 9.66 Å². The first-order valence-electron chi connectivity index (χ1n) is 9.25. The maximum absolute atomic E-state index is 11.8. The van der Waals surface area contributed by atoms with E-state index in [4.69, 9.17) is 4.74 Å². The molecule has 2 aromatic rings. The Morgan fingerprint density at radius 1 is 1.04 bits per heavy atom. The summed E-state index contributed by atoms with van der Waals surface area (Å²) in [5, 5.41) is 11.8. The predicted molar refractivity (Wildman–Crippen MR) is 106 cm³/mol. The van der Waals surface area contributed by atoms with Crippen LogP contribution in [-0.2, 0) is 5.41 Å². The van der Waals surface area contributed by atoms with Gasteiger partial charge in [0.15, 0.2) is 0 Å². The molecular weight excluding hydrogens is 326 g/mol. The second kappa shape index (κ2) is 8.35. The van der Waals surface area contributed by atoms with Crippen molar-refractivity contribution in [1.29, 1.82) is 0 Å². The molecule has 4 nitrogen and oxygen atoms in total. The molecule has 0 saturated carbocycles. The van der Waals surface area contributed by atoms with Crippen LogP contribution >= 0.6 is 0 Å². The van der Waals surface area contributed by atoms with Crippen LogP contribution in [0.2, 0.25) is 0 Å². The zero-order valence-electron chi connectivity index (χ0n) is 16.4. The molecule has 26 heavy (non-hydrogen) atoms. The zero-order chi connectivity index (χ0) is 19.3. The summed E-state index contributed by atoms with van der Waals surface area (Å²) in [4.78, 5) is 11.6. The lowest BCUT2D eigenvalue weighted by Gasteiger charge is -2.25. The molecule has 0 fully saturated rings. The van der Waals surface area contributed by atoms with Crippen LogP contribution in [-0.4, -0.2) is 17.6 Å². The van der Waals surface area contributed by atoms with Crippen LogP contribution in [0.25, 0.3) is 0 Å². The molecule has 140 valence electrons. The van der Waals surface area contributed by atoms with Gasteiger partial charge in [-0.2, -0.15) is 0 Å². The van der Waals surface area contributed by atoms with E-state index in [1.54, 1.807) is 0 Å². The monoisotopic (exact) mass is 355 g/mol. The Bertz CT molecular complexity index is 732. The molecule has 0 amide bonds. The third-order valence-corrected chi connectivity index (χ3v) is 4.76. The Labute approximate surface area is 156 Å². The van der Waals surface area contributed by atoms with E-state index in [0.717, 1.165) is 16.9 Å². The van der Waals surface area contributed by atoms with Crippen LogP contribution in [0.5, 0.6) is 5.75 Å². The second-order valence-electron chi connectivity index (χ2n) is 7.58. The lowest BCUT2D eigenvalue weighted by molar-refractivity contribution is -0.525. The van der Waals surface area contributed by atoms with E-state index in [1.807, 2.05) is 50.2 Å². The molecule has 0 aliphatic rings. The largest absolute Gasteiger partial charge is 0.494 e. The summed E-state index contributed by atoms with van der Waals surface area (Å²) in [7, 11) is 0. The summed E-state index contributed by atoms with van der Waals surface area (Å²) >= 11 is 0. The Kier molecular flexibility index (Phi) is 6.41. The number of para-hydroxylation sites is 1. The van der Waals surface area contributed by atoms with Crippen LogP contribution in [0.15, 0.2) is 48.5 Å². The van der Waals surface area contributed by atoms with E-state index in [1.165, 1.54) is 5.56 Å². The number of hydrogen-bond donors (Lipinski definition) is 0. The fourth-order valence-corrected chi connectivity index (χ4v) is 3.33. The minimum absolute atomic E-state index is 0.0461. The van der Waals surface area contributed by atoms with Crippen molar-refractivity contribution in [3.8, 4) is 5.75 Å². The second-order valence-corrected chi connectivity index (χ2v) is 7.58. The van der Waals surface area contributed by atoms with Gasteiger partial charge in [-0.3, -0.25) is 10.1 Å². The first-order chi connectivity index (χ1) is 12.3. The van der Waals surface area contributed by atoms with Crippen LogP contribution in [0.1, 0.15) is 63.6 Å². The summed E-state index contributed by atoms with van der Waals surface area (Å²) in [6.45, 7) is 10.8. The van der Waals surface area contributed by atoms with E-state index < -0.39 is 6.04 Å². The molecule has 0 radical (unpaired) electrons. The minimum Gasteiger partial charge on any atom is -0.494 e. The van der Waals surface area contributed by atoms with Gasteiger partial charge in [-0.05, 0) is 29.5 Å². The van der Waals surface area contributed by atoms with Crippen LogP contribution in [0, 0.1) is 10.1 Å². The lowest BCUT2D eigenvalue weighted by atomic mass is 9.81. The van der Waals surface area contributed by atoms with Crippen molar-refractivity contribution in [1.82, 2.24) is 0 Å².